The number of hydrogen-bond donors (Lipinski definition) is 3. The van der Waals surface area contributed by atoms with Crippen molar-refractivity contribution < 1.29 is 29.3 Å². The van der Waals surface area contributed by atoms with Crippen molar-refractivity contribution in [3.63, 3.8) is 0 Å². The number of aliphatic hydroxyl groups is 1. The average molecular weight is 768 g/mol. The number of carbonyl (C=O) groups excluding carboxylic acids is 3. The lowest BCUT2D eigenvalue weighted by molar-refractivity contribution is -0.171. The number of unbranched alkanes of at least 4 members (excludes halogenated alkanes) is 1. The number of esters is 1. The molecule has 1 amide bonds. The largest absolute Gasteiger partial charge is 0.506 e. The molecule has 0 spiro atoms. The van der Waals surface area contributed by atoms with Gasteiger partial charge in [-0.05, 0) is 104 Å². The molecule has 5 aromatic rings. The molecule has 3 N–H and O–H groups in total. The van der Waals surface area contributed by atoms with Crippen LogP contribution >= 0.6 is 0 Å². The van der Waals surface area contributed by atoms with E-state index in [2.05, 4.69) is 34.1 Å². The number of aromatic amines is 1. The Morgan fingerprint density at radius 3 is 2.18 bits per heavy atom. The molecule has 5 heterocycles. The summed E-state index contributed by atoms with van der Waals surface area (Å²) in [5.74, 6) is -0.0337. The van der Waals surface area contributed by atoms with E-state index in [0.29, 0.717) is 52.8 Å². The molecule has 9 rings (SSSR count). The Balaban J connectivity index is 0.796. The topological polar surface area (TPSA) is 140 Å². The van der Waals surface area contributed by atoms with E-state index in [1.807, 2.05) is 30.3 Å². The van der Waals surface area contributed by atoms with E-state index >= 15 is 0 Å². The van der Waals surface area contributed by atoms with Gasteiger partial charge in [-0.25, -0.2) is 0 Å². The molecule has 4 aromatic carbocycles. The van der Waals surface area contributed by atoms with Crippen molar-refractivity contribution in [2.24, 2.45) is 5.92 Å². The third kappa shape index (κ3) is 8.15. The summed E-state index contributed by atoms with van der Waals surface area (Å²) in [5, 5.41) is 21.6. The van der Waals surface area contributed by atoms with Gasteiger partial charge < -0.3 is 24.8 Å². The lowest BCUT2D eigenvalue weighted by atomic mass is 9.73. The van der Waals surface area contributed by atoms with Crippen LogP contribution in [0.3, 0.4) is 0 Å². The minimum Gasteiger partial charge on any atom is -0.506 e. The monoisotopic (exact) mass is 767 g/mol. The number of Topliss-reactive ketones (excluding diaryl/α,β-unsaturated/α-hetero) is 1. The summed E-state index contributed by atoms with van der Waals surface area (Å²) in [7, 11) is 0. The maximum absolute atomic E-state index is 13.8. The molecule has 0 saturated carbocycles. The van der Waals surface area contributed by atoms with Crippen LogP contribution in [0.2, 0.25) is 0 Å². The number of nitrogens with one attached hydrogen (secondary N) is 1. The maximum atomic E-state index is 13.8. The predicted molar refractivity (Wildman–Crippen MR) is 217 cm³/mol. The van der Waals surface area contributed by atoms with Gasteiger partial charge in [-0.2, -0.15) is 0 Å². The van der Waals surface area contributed by atoms with Crippen LogP contribution in [0.1, 0.15) is 87.6 Å². The highest BCUT2D eigenvalue weighted by molar-refractivity contribution is 6.00. The number of rotatable bonds is 14. The predicted octanol–water partition coefficient (Wildman–Crippen LogP) is 6.53. The summed E-state index contributed by atoms with van der Waals surface area (Å²) in [6, 6.07) is 31.0. The lowest BCUT2D eigenvalue weighted by Gasteiger charge is -2.50. The minimum absolute atomic E-state index is 0.00642. The molecule has 4 saturated heterocycles. The molecule has 10 nitrogen and oxygen atoms in total. The summed E-state index contributed by atoms with van der Waals surface area (Å²) in [6.07, 6.45) is 5.33. The number of pyridine rings is 1. The van der Waals surface area contributed by atoms with Crippen molar-refractivity contribution in [2.45, 2.75) is 69.0 Å². The number of aliphatic hydroxyl groups excluding tert-OH is 1. The van der Waals surface area contributed by atoms with Gasteiger partial charge in [0.2, 0.25) is 5.56 Å². The number of aromatic hydroxyl groups is 1. The van der Waals surface area contributed by atoms with E-state index in [0.717, 1.165) is 62.9 Å². The molecule has 1 aromatic heterocycles. The third-order valence-electron chi connectivity index (χ3n) is 12.4. The van der Waals surface area contributed by atoms with Gasteiger partial charge in [-0.3, -0.25) is 24.1 Å². The Bertz CT molecular complexity index is 2290. The number of ether oxygens (including phenoxy) is 1. The Labute approximate surface area is 332 Å². The Hall–Kier alpha value is -5.58. The highest BCUT2D eigenvalue weighted by Crippen LogP contribution is 2.39. The van der Waals surface area contributed by atoms with E-state index < -0.39 is 11.5 Å². The van der Waals surface area contributed by atoms with Crippen molar-refractivity contribution in [3.8, 4) is 5.75 Å². The summed E-state index contributed by atoms with van der Waals surface area (Å²) < 4.78 is 6.20. The molecule has 2 bridgehead atoms. The molecule has 294 valence electrons. The number of hydrogen-bond acceptors (Lipinski definition) is 8. The number of fused-ring (bicyclic) bond motifs is 4. The van der Waals surface area contributed by atoms with E-state index in [1.165, 1.54) is 17.7 Å². The van der Waals surface area contributed by atoms with Crippen molar-refractivity contribution in [2.75, 3.05) is 32.7 Å². The number of aryl methyl sites for hydroxylation is 2. The van der Waals surface area contributed by atoms with Crippen LogP contribution in [0.4, 0.5) is 0 Å². The van der Waals surface area contributed by atoms with Gasteiger partial charge in [-0.1, -0.05) is 79.2 Å². The summed E-state index contributed by atoms with van der Waals surface area (Å²) in [5.41, 5.74) is 3.97. The van der Waals surface area contributed by atoms with Crippen LogP contribution in [0, 0.1) is 5.92 Å². The van der Waals surface area contributed by atoms with Crippen molar-refractivity contribution in [1.82, 2.24) is 14.8 Å². The normalized spacial score (nSPS) is 20.2. The second-order valence-electron chi connectivity index (χ2n) is 16.1. The number of H-pyrrole nitrogens is 1. The Morgan fingerprint density at radius 2 is 1.49 bits per heavy atom. The fourth-order valence-corrected chi connectivity index (χ4v) is 8.86. The number of piperidine rings is 3. The van der Waals surface area contributed by atoms with Crippen LogP contribution in [0.5, 0.6) is 5.75 Å². The molecule has 4 aliphatic heterocycles. The van der Waals surface area contributed by atoms with Crippen molar-refractivity contribution >= 4 is 28.6 Å². The molecular formula is C47H49N3O7. The second-order valence-corrected chi connectivity index (χ2v) is 16.1. The summed E-state index contributed by atoms with van der Waals surface area (Å²) >= 11 is 0. The van der Waals surface area contributed by atoms with Gasteiger partial charge in [0.05, 0.1) is 11.6 Å². The molecule has 0 radical (unpaired) electrons. The number of phenolic OH excluding ortho intramolecular Hbond substituents is 1. The fraction of sp³-hybridized carbons (Fsp3) is 0.362. The first-order valence-electron chi connectivity index (χ1n) is 20.2. The second kappa shape index (κ2) is 16.5. The van der Waals surface area contributed by atoms with E-state index in [4.69, 9.17) is 4.74 Å². The first kappa shape index (κ1) is 38.3. The van der Waals surface area contributed by atoms with Crippen LogP contribution in [-0.4, -0.2) is 81.5 Å². The quantitative estimate of drug-likeness (QED) is 0.0659. The van der Waals surface area contributed by atoms with Gasteiger partial charge in [0.1, 0.15) is 17.3 Å². The first-order valence-corrected chi connectivity index (χ1v) is 20.2. The number of likely N-dealkylation sites (tertiary alicyclic amines) is 1. The van der Waals surface area contributed by atoms with Crippen molar-refractivity contribution in [3.05, 3.63) is 147 Å². The third-order valence-corrected chi connectivity index (χ3v) is 12.4. The molecule has 10 heteroatoms. The smallest absolute Gasteiger partial charge is 0.320 e. The van der Waals surface area contributed by atoms with Crippen LogP contribution in [0.25, 0.3) is 10.9 Å². The Kier molecular flexibility index (Phi) is 11.1. The highest BCUT2D eigenvalue weighted by atomic mass is 16.5. The molecule has 0 aliphatic carbocycles. The molecule has 0 unspecified atom stereocenters. The van der Waals surface area contributed by atoms with Gasteiger partial charge in [-0.15, -0.1) is 0 Å². The van der Waals surface area contributed by atoms with Gasteiger partial charge in [0, 0.05) is 48.6 Å². The Morgan fingerprint density at radius 1 is 0.807 bits per heavy atom. The number of carbonyl (C=O) groups is 3. The van der Waals surface area contributed by atoms with E-state index in [-0.39, 0.29) is 48.2 Å². The molecular weight excluding hydrogens is 719 g/mol. The van der Waals surface area contributed by atoms with E-state index in [9.17, 15) is 29.4 Å². The number of amides is 1. The molecule has 4 fully saturated rings. The van der Waals surface area contributed by atoms with Crippen molar-refractivity contribution in [1.29, 1.82) is 0 Å². The molecule has 57 heavy (non-hydrogen) atoms. The van der Waals surface area contributed by atoms with Crippen LogP contribution < -0.4 is 5.56 Å². The zero-order valence-electron chi connectivity index (χ0n) is 32.1. The summed E-state index contributed by atoms with van der Waals surface area (Å²) in [6.45, 7) is 3.42. The highest BCUT2D eigenvalue weighted by Gasteiger charge is 2.55. The lowest BCUT2D eigenvalue weighted by Crippen LogP contribution is -2.66. The van der Waals surface area contributed by atoms with Crippen LogP contribution in [-0.2, 0) is 27.8 Å². The number of nitrogens with zero attached hydrogens (tertiary/aromatic N) is 2. The average Bonchev–Trinajstić information content (AvgIpc) is 3.22. The number of aromatic nitrogens is 1. The van der Waals surface area contributed by atoms with E-state index in [1.54, 1.807) is 41.3 Å². The number of phenols is 1. The van der Waals surface area contributed by atoms with Gasteiger partial charge >= 0.3 is 5.97 Å². The standard InChI is InChI=1S/C47H49N3O7/c51-39(21-14-32-12-10-31(11-13-32)6-4-5-9-40(52)37-19-22-41(53)44-38(37)20-23-43(54)48-44)33-15-17-35(18-16-33)45(55)50-29-47(30-50,36-7-2-1-3-8-36)46(56)57-42-28-49-26-24-34(42)25-27-49/h1-3,7-8,10-13,15-20,22-23,34,40,42,52-53H,4-6,9,14,21,24-30H2,(H,48,54)/t40-,42-/m0/s1. The fourth-order valence-electron chi connectivity index (χ4n) is 8.86. The number of benzene rings is 4. The minimum atomic E-state index is -0.892. The zero-order chi connectivity index (χ0) is 39.5. The summed E-state index contributed by atoms with van der Waals surface area (Å²) in [4.78, 5) is 58.9. The molecule has 2 atom stereocenters. The van der Waals surface area contributed by atoms with Gasteiger partial charge in [0.25, 0.3) is 5.91 Å². The van der Waals surface area contributed by atoms with Crippen LogP contribution in [0.15, 0.2) is 108 Å². The maximum Gasteiger partial charge on any atom is 0.320 e. The zero-order valence-corrected chi connectivity index (χ0v) is 32.1. The van der Waals surface area contributed by atoms with Gasteiger partial charge in [0.15, 0.2) is 5.78 Å². The SMILES string of the molecule is O=C(CCc1ccc(CCCC[C@H](O)c2ccc(O)c3[nH]c(=O)ccc23)cc1)c1ccc(C(=O)N2CC(C(=O)O[C@H]3CN4CCC3CC4)(c3ccccc3)C2)cc1. The number of ketones is 1. The molecule has 4 aliphatic rings. The first-order chi connectivity index (χ1) is 27.7.